The topological polar surface area (TPSA) is 30.3 Å². The molecule has 8 heavy (non-hydrogen) atoms. The van der Waals surface area contributed by atoms with Crippen LogP contribution in [-0.4, -0.2) is 37.5 Å². The van der Waals surface area contributed by atoms with Crippen molar-refractivity contribution in [2.45, 2.75) is 0 Å². The van der Waals surface area contributed by atoms with E-state index in [2.05, 4.69) is 0 Å². The molecule has 0 aliphatic rings. The Labute approximate surface area is 51.7 Å². The van der Waals surface area contributed by atoms with Crippen molar-refractivity contribution in [3.8, 4) is 0 Å². The van der Waals surface area contributed by atoms with Crippen molar-refractivity contribution in [1.82, 2.24) is 9.34 Å². The Hall–Kier alpha value is 0.150. The third kappa shape index (κ3) is 2.46. The van der Waals surface area contributed by atoms with Crippen LogP contribution in [0.4, 0.5) is 0 Å². The van der Waals surface area contributed by atoms with Crippen molar-refractivity contribution < 1.29 is 0 Å². The molecule has 0 radical (unpaired) electrons. The lowest BCUT2D eigenvalue weighted by atomic mass is 11.3. The molecule has 0 saturated carbocycles. The Morgan fingerprint density at radius 2 is 1.25 bits per heavy atom. The van der Waals surface area contributed by atoms with Gasteiger partial charge in [0, 0.05) is 0 Å². The van der Waals surface area contributed by atoms with Gasteiger partial charge in [0.2, 0.25) is 0 Å². The van der Waals surface area contributed by atoms with Gasteiger partial charge in [0.05, 0.1) is 8.01 Å². The normalized spacial score (nSPS) is 11.9. The zero-order valence-corrected chi connectivity index (χ0v) is 6.89. The first kappa shape index (κ1) is 8.15. The van der Waals surface area contributed by atoms with Gasteiger partial charge in [0.15, 0.2) is 0 Å². The van der Waals surface area contributed by atoms with Gasteiger partial charge in [-0.1, -0.05) is 0 Å². The molecule has 0 aromatic heterocycles. The summed E-state index contributed by atoms with van der Waals surface area (Å²) in [4.78, 5) is 0. The summed E-state index contributed by atoms with van der Waals surface area (Å²) in [6.07, 6.45) is 0. The van der Waals surface area contributed by atoms with Gasteiger partial charge in [0.1, 0.15) is 0 Å². The van der Waals surface area contributed by atoms with E-state index in [0.29, 0.717) is 0 Å². The quantitative estimate of drug-likeness (QED) is 0.570. The van der Waals surface area contributed by atoms with Crippen LogP contribution in [-0.2, 0) is 0 Å². The number of hydrogen-bond donors (Lipinski definition) is 1. The molecule has 1 N–H and O–H groups in total. The van der Waals surface area contributed by atoms with Gasteiger partial charge >= 0.3 is 0 Å². The summed E-state index contributed by atoms with van der Waals surface area (Å²) in [7, 11) is 6.62. The van der Waals surface area contributed by atoms with E-state index in [-0.39, 0.29) is 0 Å². The van der Waals surface area contributed by atoms with Crippen LogP contribution in [0.5, 0.6) is 0 Å². The van der Waals surface area contributed by atoms with Crippen LogP contribution in [0, 0.1) is 5.16 Å². The fourth-order valence-corrected chi connectivity index (χ4v) is 1.20. The van der Waals surface area contributed by atoms with Crippen molar-refractivity contribution in [3.05, 3.63) is 0 Å². The Morgan fingerprint density at radius 1 is 1.00 bits per heavy atom. The molecule has 50 valence electrons. The monoisotopic (exact) mass is 135 g/mol. The highest BCUT2D eigenvalue weighted by molar-refractivity contribution is 7.40. The molecule has 0 bridgehead atoms. The van der Waals surface area contributed by atoms with Crippen LogP contribution in [0.15, 0.2) is 0 Å². The van der Waals surface area contributed by atoms with E-state index in [4.69, 9.17) is 5.16 Å². The molecule has 0 saturated heterocycles. The molecule has 0 aliphatic heterocycles. The molecule has 4 heteroatoms. The largest absolute Gasteiger partial charge is 0.292 e. The van der Waals surface area contributed by atoms with Crippen LogP contribution >= 0.6 is 8.01 Å². The lowest BCUT2D eigenvalue weighted by Gasteiger charge is -2.18. The fraction of sp³-hybridized carbons (Fsp3) is 1.00. The molecular formula is C4H14N3P. The number of rotatable bonds is 2. The Kier molecular flexibility index (Phi) is 3.29. The number of nitrogens with zero attached hydrogens (tertiary/aromatic N) is 2. The number of hydrogen-bond acceptors (Lipinski definition) is 1. The Balaban J connectivity index is 3.65. The van der Waals surface area contributed by atoms with Crippen molar-refractivity contribution in [2.24, 2.45) is 0 Å². The van der Waals surface area contributed by atoms with Crippen LogP contribution in [0.3, 0.4) is 0 Å². The van der Waals surface area contributed by atoms with Crippen LogP contribution < -0.4 is 0 Å². The molecule has 0 unspecified atom stereocenters. The minimum absolute atomic E-state index is 1.11. The first-order valence-corrected chi connectivity index (χ1v) is 3.88. The highest BCUT2D eigenvalue weighted by atomic mass is 31.1. The highest BCUT2D eigenvalue weighted by Crippen LogP contribution is 2.24. The molecule has 0 fully saturated rings. The predicted molar refractivity (Wildman–Crippen MR) is 38.4 cm³/mol. The van der Waals surface area contributed by atoms with Gasteiger partial charge < -0.3 is 0 Å². The van der Waals surface area contributed by atoms with Gasteiger partial charge in [-0.15, -0.1) is 0 Å². The van der Waals surface area contributed by atoms with Crippen molar-refractivity contribution in [3.63, 3.8) is 0 Å². The van der Waals surface area contributed by atoms with Crippen LogP contribution in [0.25, 0.3) is 0 Å². The maximum atomic E-state index is 7.44. The summed E-state index contributed by atoms with van der Waals surface area (Å²) >= 11 is 0. The smallest absolute Gasteiger partial charge is 0.0801 e. The maximum absolute atomic E-state index is 7.44. The average Bonchev–Trinajstić information content (AvgIpc) is 1.64. The van der Waals surface area contributed by atoms with Crippen molar-refractivity contribution >= 4 is 8.01 Å². The van der Waals surface area contributed by atoms with E-state index in [9.17, 15) is 0 Å². The lowest BCUT2D eigenvalue weighted by molar-refractivity contribution is 0.581. The molecule has 0 atom stereocenters. The van der Waals surface area contributed by atoms with E-state index in [0.717, 1.165) is 0 Å². The molecule has 0 spiro atoms. The summed E-state index contributed by atoms with van der Waals surface area (Å²) in [6.45, 7) is 0. The van der Waals surface area contributed by atoms with E-state index in [1.165, 1.54) is 0 Å². The average molecular weight is 135 g/mol. The molecule has 0 rings (SSSR count). The lowest BCUT2D eigenvalue weighted by Crippen LogP contribution is -2.10. The predicted octanol–water partition coefficient (Wildman–Crippen LogP) is 0.916. The zero-order valence-electron chi connectivity index (χ0n) is 5.89. The molecule has 0 aromatic carbocycles. The molecule has 0 amide bonds. The van der Waals surface area contributed by atoms with Crippen LogP contribution in [0.2, 0.25) is 0 Å². The van der Waals surface area contributed by atoms with Gasteiger partial charge in [-0.2, -0.15) is 0 Å². The van der Waals surface area contributed by atoms with Gasteiger partial charge in [0.25, 0.3) is 0 Å². The summed E-state index contributed by atoms with van der Waals surface area (Å²) in [5.74, 6) is 0. The second-order valence-corrected chi connectivity index (χ2v) is 4.55. The summed E-state index contributed by atoms with van der Waals surface area (Å²) in [6, 6.07) is 0. The first-order valence-electron chi connectivity index (χ1n) is 2.49. The molecule has 3 nitrogen and oxygen atoms in total. The summed E-state index contributed by atoms with van der Waals surface area (Å²) in [5.41, 5.74) is 0. The Morgan fingerprint density at radius 3 is 1.25 bits per heavy atom. The molecule has 0 aromatic rings. The SMILES string of the molecule is CN(C)[PH](=N)N(C)C. The summed E-state index contributed by atoms with van der Waals surface area (Å²) in [5, 5.41) is 7.44. The third-order valence-electron chi connectivity index (χ3n) is 0.847. The van der Waals surface area contributed by atoms with Crippen LogP contribution in [0.1, 0.15) is 0 Å². The van der Waals surface area contributed by atoms with Gasteiger partial charge in [-0.3, -0.25) is 14.5 Å². The highest BCUT2D eigenvalue weighted by Gasteiger charge is 1.96. The minimum Gasteiger partial charge on any atom is -0.292 e. The molecular weight excluding hydrogens is 121 g/mol. The standard InChI is InChI=1S/C4H14N3P/c1-6(2)8(5)7(3)4/h5,8H,1-4H3. The Bertz CT molecular complexity index is 79.3. The van der Waals surface area contributed by atoms with E-state index >= 15 is 0 Å². The zero-order chi connectivity index (χ0) is 6.73. The first-order chi connectivity index (χ1) is 3.55. The molecule has 0 heterocycles. The minimum atomic E-state index is -1.11. The second kappa shape index (κ2) is 3.23. The van der Waals surface area contributed by atoms with Crippen molar-refractivity contribution in [2.75, 3.05) is 28.2 Å². The van der Waals surface area contributed by atoms with Gasteiger partial charge in [-0.05, 0) is 28.2 Å². The van der Waals surface area contributed by atoms with Crippen molar-refractivity contribution in [1.29, 1.82) is 5.16 Å². The van der Waals surface area contributed by atoms with Gasteiger partial charge in [-0.25, -0.2) is 0 Å². The maximum Gasteiger partial charge on any atom is 0.0801 e. The fourth-order valence-electron chi connectivity index (χ4n) is 0.400. The van der Waals surface area contributed by atoms with E-state index in [1.54, 1.807) is 0 Å². The number of nitrogens with one attached hydrogen (secondary N) is 1. The van der Waals surface area contributed by atoms with E-state index < -0.39 is 8.01 Å². The van der Waals surface area contributed by atoms with E-state index in [1.807, 2.05) is 37.5 Å². The third-order valence-corrected chi connectivity index (χ3v) is 2.54. The summed E-state index contributed by atoms with van der Waals surface area (Å²) < 4.78 is 3.87. The molecule has 0 aliphatic carbocycles. The second-order valence-electron chi connectivity index (χ2n) is 2.11.